The van der Waals surface area contributed by atoms with E-state index in [4.69, 9.17) is 0 Å². The lowest BCUT2D eigenvalue weighted by molar-refractivity contribution is 0.585. The number of rotatable bonds is 4. The second-order valence-electron chi connectivity index (χ2n) is 6.72. The van der Waals surface area contributed by atoms with E-state index in [1.165, 1.54) is 23.9 Å². The van der Waals surface area contributed by atoms with Gasteiger partial charge >= 0.3 is 0 Å². The quantitative estimate of drug-likeness (QED) is 0.563. The normalized spacial score (nSPS) is 18.1. The van der Waals surface area contributed by atoms with E-state index >= 15 is 0 Å². The van der Waals surface area contributed by atoms with Crippen molar-refractivity contribution >= 4 is 23.0 Å². The molecule has 0 bridgehead atoms. The maximum absolute atomic E-state index is 13.3. The average Bonchev–Trinajstić information content (AvgIpc) is 3.21. The Kier molecular flexibility index (Phi) is 5.31. The second kappa shape index (κ2) is 8.03. The minimum absolute atomic E-state index is 0.273. The summed E-state index contributed by atoms with van der Waals surface area (Å²) in [6.07, 6.45) is 6.01. The highest BCUT2D eigenvalue weighted by molar-refractivity contribution is 8.06. The Morgan fingerprint density at radius 3 is 2.82 bits per heavy atom. The van der Waals surface area contributed by atoms with Gasteiger partial charge in [0.25, 0.3) is 0 Å². The minimum Gasteiger partial charge on any atom is -0.330 e. The van der Waals surface area contributed by atoms with Crippen molar-refractivity contribution in [2.45, 2.75) is 32.2 Å². The zero-order valence-electron chi connectivity index (χ0n) is 15.4. The molecule has 1 aromatic heterocycles. The fourth-order valence-corrected chi connectivity index (χ4v) is 4.60. The van der Waals surface area contributed by atoms with E-state index in [0.717, 1.165) is 54.3 Å². The highest BCUT2D eigenvalue weighted by Crippen LogP contribution is 2.43. The first-order valence-electron chi connectivity index (χ1n) is 9.31. The van der Waals surface area contributed by atoms with Gasteiger partial charge in [0, 0.05) is 24.9 Å². The van der Waals surface area contributed by atoms with Crippen LogP contribution in [0.3, 0.4) is 0 Å². The van der Waals surface area contributed by atoms with Crippen LogP contribution in [0.1, 0.15) is 36.5 Å². The maximum Gasteiger partial charge on any atom is 0.177 e. The summed E-state index contributed by atoms with van der Waals surface area (Å²) in [5, 5.41) is 21.5. The largest absolute Gasteiger partial charge is 0.330 e. The van der Waals surface area contributed by atoms with Gasteiger partial charge in [-0.15, -0.1) is 16.8 Å². The number of benzene rings is 1. The zero-order valence-corrected chi connectivity index (χ0v) is 16.3. The van der Waals surface area contributed by atoms with Gasteiger partial charge in [0.05, 0.1) is 5.70 Å². The van der Waals surface area contributed by atoms with Gasteiger partial charge in [-0.25, -0.2) is 4.39 Å². The van der Waals surface area contributed by atoms with Crippen molar-refractivity contribution in [1.82, 2.24) is 19.7 Å². The van der Waals surface area contributed by atoms with Crippen molar-refractivity contribution in [1.29, 1.82) is 5.26 Å². The van der Waals surface area contributed by atoms with Gasteiger partial charge in [-0.3, -0.25) is 0 Å². The van der Waals surface area contributed by atoms with E-state index < -0.39 is 0 Å². The smallest absolute Gasteiger partial charge is 0.177 e. The number of fused-ring (bicyclic) bond motifs is 1. The molecule has 2 aromatic rings. The molecule has 2 aliphatic rings. The van der Waals surface area contributed by atoms with E-state index in [9.17, 15) is 9.65 Å². The Morgan fingerprint density at radius 1 is 1.25 bits per heavy atom. The Hall–Kier alpha value is -2.85. The lowest BCUT2D eigenvalue weighted by atomic mass is 10.1. The van der Waals surface area contributed by atoms with Gasteiger partial charge in [-0.2, -0.15) is 5.26 Å². The predicted octanol–water partition coefficient (Wildman–Crippen LogP) is 4.57. The fraction of sp³-hybridized carbons (Fsp3) is 0.286. The molecule has 0 saturated carbocycles. The van der Waals surface area contributed by atoms with Crippen molar-refractivity contribution in [3.63, 3.8) is 0 Å². The Morgan fingerprint density at radius 2 is 2.07 bits per heavy atom. The molecule has 7 heteroatoms. The van der Waals surface area contributed by atoms with E-state index in [1.54, 1.807) is 18.2 Å². The standard InChI is InChI=1S/C21H20FN5S/c1-2-11-26-18(15-7-9-16(22)10-8-15)14-28-21(26)17(13-23)20-25-24-19-6-4-3-5-12-27(19)20/h2,7-10,14H,1,3-6,11-12H2/b21-17+. The van der Waals surface area contributed by atoms with Crippen LogP contribution >= 0.6 is 11.8 Å². The number of aryl methyl sites for hydroxylation is 1. The van der Waals surface area contributed by atoms with Crippen LogP contribution in [0.5, 0.6) is 0 Å². The molecule has 0 spiro atoms. The molecule has 0 atom stereocenters. The van der Waals surface area contributed by atoms with Crippen LogP contribution in [0, 0.1) is 17.1 Å². The molecule has 0 fully saturated rings. The summed E-state index contributed by atoms with van der Waals surface area (Å²) in [5.74, 6) is 1.31. The van der Waals surface area contributed by atoms with Gasteiger partial charge < -0.3 is 9.47 Å². The number of nitriles is 1. The Labute approximate surface area is 167 Å². The molecule has 4 rings (SSSR count). The SMILES string of the molecule is C=CCN1C(c2ccc(F)cc2)=CS/C1=C(\C#N)c1nnc2n1CCCCC2. The molecular weight excluding hydrogens is 373 g/mol. The number of hydrogen-bond acceptors (Lipinski definition) is 5. The maximum atomic E-state index is 13.3. The third-order valence-corrected chi connectivity index (χ3v) is 5.92. The molecule has 0 N–H and O–H groups in total. The summed E-state index contributed by atoms with van der Waals surface area (Å²) in [6.45, 7) is 5.23. The summed E-state index contributed by atoms with van der Waals surface area (Å²) in [5.41, 5.74) is 2.33. The van der Waals surface area contributed by atoms with E-state index in [1.807, 2.05) is 10.3 Å². The summed E-state index contributed by atoms with van der Waals surface area (Å²) in [4.78, 5) is 2.03. The number of aromatic nitrogens is 3. The lowest BCUT2D eigenvalue weighted by Gasteiger charge is -2.23. The van der Waals surface area contributed by atoms with Crippen molar-refractivity contribution in [3.05, 3.63) is 70.4 Å². The number of allylic oxidation sites excluding steroid dienone is 1. The first-order valence-corrected chi connectivity index (χ1v) is 10.2. The van der Waals surface area contributed by atoms with Crippen molar-refractivity contribution in [3.8, 4) is 6.07 Å². The predicted molar refractivity (Wildman–Crippen MR) is 109 cm³/mol. The molecule has 5 nitrogen and oxygen atoms in total. The number of nitrogens with zero attached hydrogens (tertiary/aromatic N) is 5. The number of halogens is 1. The van der Waals surface area contributed by atoms with Crippen molar-refractivity contribution < 1.29 is 4.39 Å². The van der Waals surface area contributed by atoms with Crippen LogP contribution in [-0.4, -0.2) is 26.2 Å². The van der Waals surface area contributed by atoms with Crippen LogP contribution in [-0.2, 0) is 13.0 Å². The average molecular weight is 393 g/mol. The highest BCUT2D eigenvalue weighted by atomic mass is 32.2. The zero-order chi connectivity index (χ0) is 19.5. The molecule has 2 aliphatic heterocycles. The summed E-state index contributed by atoms with van der Waals surface area (Å²) in [6, 6.07) is 8.73. The first kappa shape index (κ1) is 18.5. The molecule has 1 aromatic carbocycles. The van der Waals surface area contributed by atoms with E-state index in [2.05, 4.69) is 27.4 Å². The minimum atomic E-state index is -0.273. The van der Waals surface area contributed by atoms with Crippen LogP contribution in [0.2, 0.25) is 0 Å². The fourth-order valence-electron chi connectivity index (χ4n) is 3.56. The highest BCUT2D eigenvalue weighted by Gasteiger charge is 2.28. The molecule has 0 unspecified atom stereocenters. The first-order chi connectivity index (χ1) is 13.7. The topological polar surface area (TPSA) is 57.7 Å². The number of thioether (sulfide) groups is 1. The van der Waals surface area contributed by atoms with Crippen molar-refractivity contribution in [2.24, 2.45) is 0 Å². The summed E-state index contributed by atoms with van der Waals surface area (Å²) in [7, 11) is 0. The van der Waals surface area contributed by atoms with Crippen LogP contribution in [0.4, 0.5) is 4.39 Å². The molecule has 28 heavy (non-hydrogen) atoms. The van der Waals surface area contributed by atoms with Gasteiger partial charge in [0.2, 0.25) is 0 Å². The van der Waals surface area contributed by atoms with Gasteiger partial charge in [-0.05, 0) is 42.7 Å². The van der Waals surface area contributed by atoms with Crippen molar-refractivity contribution in [2.75, 3.05) is 6.54 Å². The van der Waals surface area contributed by atoms with Crippen LogP contribution in [0.25, 0.3) is 11.3 Å². The lowest BCUT2D eigenvalue weighted by Crippen LogP contribution is -2.18. The monoisotopic (exact) mass is 393 g/mol. The third-order valence-electron chi connectivity index (χ3n) is 4.93. The Balaban J connectivity index is 1.77. The van der Waals surface area contributed by atoms with E-state index in [0.29, 0.717) is 17.9 Å². The second-order valence-corrected chi connectivity index (χ2v) is 7.58. The van der Waals surface area contributed by atoms with Gasteiger partial charge in [-0.1, -0.05) is 24.3 Å². The third kappa shape index (κ3) is 3.36. The molecular formula is C21H20FN5S. The molecule has 3 heterocycles. The molecule has 0 aliphatic carbocycles. The van der Waals surface area contributed by atoms with Crippen LogP contribution in [0.15, 0.2) is 47.4 Å². The molecule has 142 valence electrons. The van der Waals surface area contributed by atoms with Gasteiger partial charge in [0.15, 0.2) is 5.82 Å². The van der Waals surface area contributed by atoms with Crippen LogP contribution < -0.4 is 0 Å². The van der Waals surface area contributed by atoms with E-state index in [-0.39, 0.29) is 5.82 Å². The van der Waals surface area contributed by atoms with Gasteiger partial charge in [0.1, 0.15) is 28.3 Å². The molecule has 0 amide bonds. The molecule has 0 saturated heterocycles. The summed E-state index contributed by atoms with van der Waals surface area (Å²) < 4.78 is 15.4. The summed E-state index contributed by atoms with van der Waals surface area (Å²) >= 11 is 1.48. The number of hydrogen-bond donors (Lipinski definition) is 0. The molecule has 0 radical (unpaired) electrons. The Bertz CT molecular complexity index is 997.